The zero-order valence-corrected chi connectivity index (χ0v) is 20.4. The van der Waals surface area contributed by atoms with Crippen LogP contribution in [0.25, 0.3) is 21.8 Å². The summed E-state index contributed by atoms with van der Waals surface area (Å²) in [5.41, 5.74) is 2.64. The topological polar surface area (TPSA) is 83.0 Å². The van der Waals surface area contributed by atoms with Gasteiger partial charge in [0.05, 0.1) is 22.3 Å². The molecule has 4 aromatic rings. The average molecular weight is 492 g/mol. The summed E-state index contributed by atoms with van der Waals surface area (Å²) >= 11 is 7.79. The van der Waals surface area contributed by atoms with Crippen molar-refractivity contribution in [2.45, 2.75) is 31.4 Å². The molecule has 0 saturated carbocycles. The van der Waals surface area contributed by atoms with Gasteiger partial charge in [0.15, 0.2) is 0 Å². The molecule has 0 aliphatic carbocycles. The molecule has 2 aromatic carbocycles. The summed E-state index contributed by atoms with van der Waals surface area (Å²) in [5.74, 6) is 0.543. The Morgan fingerprint density at radius 3 is 2.62 bits per heavy atom. The van der Waals surface area contributed by atoms with E-state index in [9.17, 15) is 5.11 Å². The summed E-state index contributed by atoms with van der Waals surface area (Å²) in [6.45, 7) is 3.61. The largest absolute Gasteiger partial charge is 0.383 e. The standard InChI is InChI=1S/C26H26ClN5OS/c1-17(18-6-3-2-4-7-18)30-25-29-13-10-21(31-25)23-22(19-8-5-9-20(27)16-19)32-24(34-23)26(33)11-14-28-15-12-26/h2-10,13,16-17,28,33H,11-12,14-15H2,1H3,(H,29,30,31)/t17-/m0/s1. The predicted molar refractivity (Wildman–Crippen MR) is 138 cm³/mol. The van der Waals surface area contributed by atoms with E-state index in [0.29, 0.717) is 28.8 Å². The summed E-state index contributed by atoms with van der Waals surface area (Å²) in [6, 6.07) is 19.8. The number of halogens is 1. The molecule has 8 heteroatoms. The molecule has 1 aliphatic heterocycles. The van der Waals surface area contributed by atoms with Gasteiger partial charge in [0.2, 0.25) is 5.95 Å². The van der Waals surface area contributed by atoms with E-state index in [1.807, 2.05) is 48.5 Å². The van der Waals surface area contributed by atoms with E-state index in [4.69, 9.17) is 21.6 Å². The molecule has 3 heterocycles. The molecule has 1 saturated heterocycles. The van der Waals surface area contributed by atoms with Gasteiger partial charge in [0.25, 0.3) is 0 Å². The van der Waals surface area contributed by atoms with E-state index in [2.05, 4.69) is 34.7 Å². The van der Waals surface area contributed by atoms with Crippen LogP contribution in [0.4, 0.5) is 5.95 Å². The quantitative estimate of drug-likeness (QED) is 0.322. The summed E-state index contributed by atoms with van der Waals surface area (Å²) < 4.78 is 0. The predicted octanol–water partition coefficient (Wildman–Crippen LogP) is 5.66. The minimum atomic E-state index is -0.947. The lowest BCUT2D eigenvalue weighted by Gasteiger charge is -2.30. The Hall–Kier alpha value is -2.84. The van der Waals surface area contributed by atoms with Gasteiger partial charge in [-0.05, 0) is 56.6 Å². The van der Waals surface area contributed by atoms with Gasteiger partial charge < -0.3 is 15.7 Å². The Labute approximate surface area is 208 Å². The molecule has 3 N–H and O–H groups in total. The third-order valence-electron chi connectivity index (χ3n) is 6.09. The van der Waals surface area contributed by atoms with Crippen LogP contribution in [-0.4, -0.2) is 33.1 Å². The second-order valence-electron chi connectivity index (χ2n) is 8.53. The second kappa shape index (κ2) is 9.80. The number of aromatic nitrogens is 3. The Morgan fingerprint density at radius 1 is 1.06 bits per heavy atom. The van der Waals surface area contributed by atoms with Crippen LogP contribution in [0.15, 0.2) is 66.9 Å². The van der Waals surface area contributed by atoms with E-state index < -0.39 is 5.60 Å². The Kier molecular flexibility index (Phi) is 6.61. The number of benzene rings is 2. The lowest BCUT2D eigenvalue weighted by Crippen LogP contribution is -2.39. The first-order chi connectivity index (χ1) is 16.5. The third kappa shape index (κ3) is 4.83. The van der Waals surface area contributed by atoms with Gasteiger partial charge in [-0.25, -0.2) is 15.0 Å². The van der Waals surface area contributed by atoms with Crippen molar-refractivity contribution in [1.29, 1.82) is 0 Å². The molecule has 0 unspecified atom stereocenters. The Balaban J connectivity index is 1.54. The smallest absolute Gasteiger partial charge is 0.223 e. The Bertz CT molecular complexity index is 1270. The van der Waals surface area contributed by atoms with Crippen LogP contribution < -0.4 is 10.6 Å². The van der Waals surface area contributed by atoms with E-state index in [1.54, 1.807) is 6.20 Å². The summed E-state index contributed by atoms with van der Waals surface area (Å²) in [6.07, 6.45) is 3.00. The first-order valence-corrected chi connectivity index (χ1v) is 12.6. The first-order valence-electron chi connectivity index (χ1n) is 11.4. The van der Waals surface area contributed by atoms with Crippen LogP contribution in [0.5, 0.6) is 0 Å². The van der Waals surface area contributed by atoms with Crippen molar-refractivity contribution in [3.8, 4) is 21.8 Å². The number of thiazole rings is 1. The van der Waals surface area contributed by atoms with Crippen molar-refractivity contribution >= 4 is 28.9 Å². The molecule has 1 aliphatic rings. The third-order valence-corrected chi connectivity index (χ3v) is 7.59. The van der Waals surface area contributed by atoms with Crippen molar-refractivity contribution in [3.05, 3.63) is 82.5 Å². The highest BCUT2D eigenvalue weighted by Gasteiger charge is 2.35. The first kappa shape index (κ1) is 22.9. The van der Waals surface area contributed by atoms with Crippen LogP contribution in [0.3, 0.4) is 0 Å². The maximum Gasteiger partial charge on any atom is 0.223 e. The minimum Gasteiger partial charge on any atom is -0.383 e. The van der Waals surface area contributed by atoms with Crippen LogP contribution in [0, 0.1) is 0 Å². The van der Waals surface area contributed by atoms with E-state index >= 15 is 0 Å². The van der Waals surface area contributed by atoms with Gasteiger partial charge in [-0.2, -0.15) is 0 Å². The van der Waals surface area contributed by atoms with Crippen LogP contribution in [0.1, 0.15) is 36.4 Å². The highest BCUT2D eigenvalue weighted by molar-refractivity contribution is 7.15. The molecule has 0 amide bonds. The molecule has 34 heavy (non-hydrogen) atoms. The fraction of sp³-hybridized carbons (Fsp3) is 0.269. The van der Waals surface area contributed by atoms with Crippen molar-refractivity contribution in [3.63, 3.8) is 0 Å². The fourth-order valence-corrected chi connectivity index (χ4v) is 5.54. The van der Waals surface area contributed by atoms with E-state index in [-0.39, 0.29) is 6.04 Å². The van der Waals surface area contributed by atoms with Crippen LogP contribution in [0.2, 0.25) is 5.02 Å². The molecule has 0 spiro atoms. The van der Waals surface area contributed by atoms with Crippen molar-refractivity contribution in [1.82, 2.24) is 20.3 Å². The van der Waals surface area contributed by atoms with Gasteiger partial charge in [0, 0.05) is 16.8 Å². The van der Waals surface area contributed by atoms with Crippen molar-refractivity contribution < 1.29 is 5.11 Å². The van der Waals surface area contributed by atoms with Crippen LogP contribution in [-0.2, 0) is 5.60 Å². The number of nitrogens with zero attached hydrogens (tertiary/aromatic N) is 3. The van der Waals surface area contributed by atoms with Gasteiger partial charge >= 0.3 is 0 Å². The molecular formula is C26H26ClN5OS. The average Bonchev–Trinajstić information content (AvgIpc) is 3.32. The molecule has 0 bridgehead atoms. The minimum absolute atomic E-state index is 0.0521. The molecule has 174 valence electrons. The number of nitrogens with one attached hydrogen (secondary N) is 2. The van der Waals surface area contributed by atoms with Crippen LogP contribution >= 0.6 is 22.9 Å². The molecule has 6 nitrogen and oxygen atoms in total. The zero-order chi connectivity index (χ0) is 23.5. The number of aliphatic hydroxyl groups is 1. The molecule has 0 radical (unpaired) electrons. The van der Waals surface area contributed by atoms with Crippen molar-refractivity contribution in [2.24, 2.45) is 0 Å². The van der Waals surface area contributed by atoms with Gasteiger partial charge in [-0.3, -0.25) is 0 Å². The maximum absolute atomic E-state index is 11.4. The van der Waals surface area contributed by atoms with E-state index in [1.165, 1.54) is 11.3 Å². The fourth-order valence-electron chi connectivity index (χ4n) is 4.15. The van der Waals surface area contributed by atoms with Gasteiger partial charge in [-0.1, -0.05) is 54.1 Å². The number of rotatable bonds is 6. The summed E-state index contributed by atoms with van der Waals surface area (Å²) in [7, 11) is 0. The molecular weight excluding hydrogens is 466 g/mol. The SMILES string of the molecule is C[C@H](Nc1nccc(-c2sc(C3(O)CCNCC3)nc2-c2cccc(Cl)c2)n1)c1ccccc1. The monoisotopic (exact) mass is 491 g/mol. The normalized spacial score (nSPS) is 16.2. The highest BCUT2D eigenvalue weighted by Crippen LogP contribution is 2.42. The number of hydrogen-bond donors (Lipinski definition) is 3. The van der Waals surface area contributed by atoms with Gasteiger partial charge in [0.1, 0.15) is 10.6 Å². The highest BCUT2D eigenvalue weighted by atomic mass is 35.5. The molecule has 2 aromatic heterocycles. The lowest BCUT2D eigenvalue weighted by molar-refractivity contribution is 0.00582. The van der Waals surface area contributed by atoms with Gasteiger partial charge in [-0.15, -0.1) is 11.3 Å². The molecule has 5 rings (SSSR count). The lowest BCUT2D eigenvalue weighted by atomic mass is 9.93. The second-order valence-corrected chi connectivity index (χ2v) is 9.97. The maximum atomic E-state index is 11.4. The van der Waals surface area contributed by atoms with Crippen molar-refractivity contribution in [2.75, 3.05) is 18.4 Å². The Morgan fingerprint density at radius 2 is 1.85 bits per heavy atom. The number of piperidine rings is 1. The zero-order valence-electron chi connectivity index (χ0n) is 18.8. The number of anilines is 1. The molecule has 1 atom stereocenters. The van der Waals surface area contributed by atoms with E-state index in [0.717, 1.165) is 40.5 Å². The summed E-state index contributed by atoms with van der Waals surface area (Å²) in [4.78, 5) is 15.1. The summed E-state index contributed by atoms with van der Waals surface area (Å²) in [5, 5.41) is 19.4. The molecule has 1 fully saturated rings. The number of hydrogen-bond acceptors (Lipinski definition) is 7.